The Balaban J connectivity index is 2.07. The lowest BCUT2D eigenvalue weighted by Gasteiger charge is -2.42. The van der Waals surface area contributed by atoms with Gasteiger partial charge in [0.1, 0.15) is 17.5 Å². The van der Waals surface area contributed by atoms with Gasteiger partial charge < -0.3 is 10.6 Å². The number of aryl methyl sites for hydroxylation is 1. The molecule has 0 unspecified atom stereocenters. The maximum atomic E-state index is 5.85. The van der Waals surface area contributed by atoms with Gasteiger partial charge >= 0.3 is 0 Å². The van der Waals surface area contributed by atoms with Gasteiger partial charge in [0, 0.05) is 44.2 Å². The first kappa shape index (κ1) is 14.1. The summed E-state index contributed by atoms with van der Waals surface area (Å²) in [5, 5.41) is 0. The molecular formula is C14H25N5. The van der Waals surface area contributed by atoms with E-state index in [2.05, 4.69) is 47.5 Å². The molecule has 1 saturated heterocycles. The molecule has 5 heteroatoms. The SMILES string of the molecule is CCc1nc(N)cc(N2CCN(C(C)(C)C)CC2)n1. The van der Waals surface area contributed by atoms with Crippen molar-refractivity contribution in [2.45, 2.75) is 39.7 Å². The molecule has 1 aromatic rings. The minimum absolute atomic E-state index is 0.241. The van der Waals surface area contributed by atoms with Crippen molar-refractivity contribution in [3.63, 3.8) is 0 Å². The van der Waals surface area contributed by atoms with Gasteiger partial charge in [0.15, 0.2) is 0 Å². The lowest BCUT2D eigenvalue weighted by molar-refractivity contribution is 0.128. The fourth-order valence-corrected chi connectivity index (χ4v) is 2.43. The van der Waals surface area contributed by atoms with Crippen LogP contribution in [0.4, 0.5) is 11.6 Å². The molecule has 2 heterocycles. The summed E-state index contributed by atoms with van der Waals surface area (Å²) >= 11 is 0. The fraction of sp³-hybridized carbons (Fsp3) is 0.714. The van der Waals surface area contributed by atoms with Crippen molar-refractivity contribution in [1.29, 1.82) is 0 Å². The van der Waals surface area contributed by atoms with Gasteiger partial charge in [-0.3, -0.25) is 4.90 Å². The topological polar surface area (TPSA) is 58.3 Å². The van der Waals surface area contributed by atoms with Crippen LogP contribution >= 0.6 is 0 Å². The predicted molar refractivity (Wildman–Crippen MR) is 79.4 cm³/mol. The van der Waals surface area contributed by atoms with Crippen molar-refractivity contribution in [3.05, 3.63) is 11.9 Å². The third-order valence-corrected chi connectivity index (χ3v) is 3.65. The number of nitrogen functional groups attached to an aromatic ring is 1. The zero-order chi connectivity index (χ0) is 14.0. The lowest BCUT2D eigenvalue weighted by Crippen LogP contribution is -2.53. The van der Waals surface area contributed by atoms with E-state index < -0.39 is 0 Å². The molecule has 106 valence electrons. The van der Waals surface area contributed by atoms with E-state index in [0.29, 0.717) is 5.82 Å². The highest BCUT2D eigenvalue weighted by Crippen LogP contribution is 2.20. The van der Waals surface area contributed by atoms with Crippen LogP contribution in [0.2, 0.25) is 0 Å². The zero-order valence-corrected chi connectivity index (χ0v) is 12.5. The second-order valence-electron chi connectivity index (χ2n) is 6.07. The Morgan fingerprint density at radius 1 is 1.16 bits per heavy atom. The van der Waals surface area contributed by atoms with Gasteiger partial charge in [-0.25, -0.2) is 9.97 Å². The van der Waals surface area contributed by atoms with Crippen molar-refractivity contribution in [1.82, 2.24) is 14.9 Å². The Morgan fingerprint density at radius 2 is 1.79 bits per heavy atom. The van der Waals surface area contributed by atoms with E-state index >= 15 is 0 Å². The Hall–Kier alpha value is -1.36. The predicted octanol–water partition coefficient (Wildman–Crippen LogP) is 1.54. The average Bonchev–Trinajstić information content (AvgIpc) is 2.37. The van der Waals surface area contributed by atoms with Gasteiger partial charge in [-0.05, 0) is 20.8 Å². The molecule has 2 N–H and O–H groups in total. The van der Waals surface area contributed by atoms with E-state index in [1.807, 2.05) is 6.07 Å². The molecule has 2 rings (SSSR count). The molecule has 0 saturated carbocycles. The maximum absolute atomic E-state index is 5.85. The molecule has 0 spiro atoms. The monoisotopic (exact) mass is 263 g/mol. The van der Waals surface area contributed by atoms with Crippen LogP contribution in [0.25, 0.3) is 0 Å². The Kier molecular flexibility index (Phi) is 3.94. The van der Waals surface area contributed by atoms with Crippen molar-refractivity contribution >= 4 is 11.6 Å². The quantitative estimate of drug-likeness (QED) is 0.877. The van der Waals surface area contributed by atoms with Crippen molar-refractivity contribution in [2.24, 2.45) is 0 Å². The van der Waals surface area contributed by atoms with Gasteiger partial charge in [0.05, 0.1) is 0 Å². The number of anilines is 2. The number of aromatic nitrogens is 2. The Bertz CT molecular complexity index is 430. The third-order valence-electron chi connectivity index (χ3n) is 3.65. The van der Waals surface area contributed by atoms with Crippen LogP contribution in [-0.4, -0.2) is 46.6 Å². The van der Waals surface area contributed by atoms with Crippen LogP contribution in [0, 0.1) is 0 Å². The number of piperazine rings is 1. The van der Waals surface area contributed by atoms with E-state index in [9.17, 15) is 0 Å². The van der Waals surface area contributed by atoms with Gasteiger partial charge in [0.25, 0.3) is 0 Å². The molecular weight excluding hydrogens is 238 g/mol. The molecule has 1 aliphatic heterocycles. The molecule has 5 nitrogen and oxygen atoms in total. The fourth-order valence-electron chi connectivity index (χ4n) is 2.43. The molecule has 1 fully saturated rings. The average molecular weight is 263 g/mol. The summed E-state index contributed by atoms with van der Waals surface area (Å²) in [6.07, 6.45) is 0.819. The van der Waals surface area contributed by atoms with E-state index in [-0.39, 0.29) is 5.54 Å². The first-order valence-electron chi connectivity index (χ1n) is 7.03. The number of rotatable bonds is 2. The number of hydrogen-bond donors (Lipinski definition) is 1. The van der Waals surface area contributed by atoms with E-state index in [1.54, 1.807) is 0 Å². The minimum atomic E-state index is 0.241. The standard InChI is InChI=1S/C14H25N5/c1-5-12-16-11(15)10-13(17-12)18-6-8-19(9-7-18)14(2,3)4/h10H,5-9H2,1-4H3,(H2,15,16,17). The first-order chi connectivity index (χ1) is 8.90. The third kappa shape index (κ3) is 3.35. The Morgan fingerprint density at radius 3 is 2.32 bits per heavy atom. The summed E-state index contributed by atoms with van der Waals surface area (Å²) in [5.74, 6) is 2.37. The van der Waals surface area contributed by atoms with Gasteiger partial charge in [0.2, 0.25) is 0 Å². The zero-order valence-electron chi connectivity index (χ0n) is 12.5. The van der Waals surface area contributed by atoms with Crippen LogP contribution in [0.1, 0.15) is 33.5 Å². The smallest absolute Gasteiger partial charge is 0.134 e. The largest absolute Gasteiger partial charge is 0.384 e. The lowest BCUT2D eigenvalue weighted by atomic mass is 10.1. The summed E-state index contributed by atoms with van der Waals surface area (Å²) in [6.45, 7) is 13.0. The molecule has 1 aromatic heterocycles. The highest BCUT2D eigenvalue weighted by Gasteiger charge is 2.26. The first-order valence-corrected chi connectivity index (χ1v) is 7.03. The molecule has 0 bridgehead atoms. The Labute approximate surface area is 115 Å². The maximum Gasteiger partial charge on any atom is 0.134 e. The highest BCUT2D eigenvalue weighted by molar-refractivity contribution is 5.47. The number of hydrogen-bond acceptors (Lipinski definition) is 5. The van der Waals surface area contributed by atoms with E-state index in [0.717, 1.165) is 44.2 Å². The van der Waals surface area contributed by atoms with Crippen LogP contribution < -0.4 is 10.6 Å². The summed E-state index contributed by atoms with van der Waals surface area (Å²) < 4.78 is 0. The van der Waals surface area contributed by atoms with Crippen LogP contribution in [-0.2, 0) is 6.42 Å². The van der Waals surface area contributed by atoms with E-state index in [4.69, 9.17) is 5.73 Å². The second kappa shape index (κ2) is 5.33. The molecule has 0 amide bonds. The number of nitrogens with zero attached hydrogens (tertiary/aromatic N) is 4. The van der Waals surface area contributed by atoms with Crippen LogP contribution in [0.3, 0.4) is 0 Å². The molecule has 1 aliphatic rings. The van der Waals surface area contributed by atoms with Crippen molar-refractivity contribution in [2.75, 3.05) is 36.8 Å². The van der Waals surface area contributed by atoms with Crippen molar-refractivity contribution in [3.8, 4) is 0 Å². The van der Waals surface area contributed by atoms with Gasteiger partial charge in [-0.2, -0.15) is 0 Å². The summed E-state index contributed by atoms with van der Waals surface area (Å²) in [6, 6.07) is 1.88. The van der Waals surface area contributed by atoms with Gasteiger partial charge in [-0.1, -0.05) is 6.92 Å². The summed E-state index contributed by atoms with van der Waals surface area (Å²) in [5.41, 5.74) is 6.09. The van der Waals surface area contributed by atoms with E-state index in [1.165, 1.54) is 0 Å². The molecule has 0 aromatic carbocycles. The summed E-state index contributed by atoms with van der Waals surface area (Å²) in [4.78, 5) is 13.6. The van der Waals surface area contributed by atoms with Crippen LogP contribution in [0.5, 0.6) is 0 Å². The molecule has 19 heavy (non-hydrogen) atoms. The highest BCUT2D eigenvalue weighted by atomic mass is 15.3. The minimum Gasteiger partial charge on any atom is -0.384 e. The molecule has 0 atom stereocenters. The second-order valence-corrected chi connectivity index (χ2v) is 6.07. The van der Waals surface area contributed by atoms with Gasteiger partial charge in [-0.15, -0.1) is 0 Å². The van der Waals surface area contributed by atoms with Crippen molar-refractivity contribution < 1.29 is 0 Å². The molecule has 0 radical (unpaired) electrons. The number of nitrogens with two attached hydrogens (primary N) is 1. The summed E-state index contributed by atoms with van der Waals surface area (Å²) in [7, 11) is 0. The van der Waals surface area contributed by atoms with Crippen LogP contribution in [0.15, 0.2) is 6.07 Å². The molecule has 0 aliphatic carbocycles. The normalized spacial score (nSPS) is 17.8.